The highest BCUT2D eigenvalue weighted by Crippen LogP contribution is 2.24. The van der Waals surface area contributed by atoms with E-state index in [2.05, 4.69) is 10.6 Å². The molecule has 0 radical (unpaired) electrons. The van der Waals surface area contributed by atoms with Gasteiger partial charge in [0.1, 0.15) is 5.75 Å². The van der Waals surface area contributed by atoms with Gasteiger partial charge < -0.3 is 15.4 Å². The van der Waals surface area contributed by atoms with E-state index in [0.29, 0.717) is 25.3 Å². The average Bonchev–Trinajstić information content (AvgIpc) is 3.19. The van der Waals surface area contributed by atoms with Crippen molar-refractivity contribution in [2.45, 2.75) is 45.4 Å². The highest BCUT2D eigenvalue weighted by Gasteiger charge is 2.21. The molecule has 0 saturated heterocycles. The minimum absolute atomic E-state index is 0.0715. The Morgan fingerprint density at radius 3 is 2.31 bits per heavy atom. The van der Waals surface area contributed by atoms with E-state index in [1.165, 1.54) is 0 Å². The molecular formula is C20H28N2O4. The number of hydrogen-bond acceptors (Lipinski definition) is 4. The zero-order valence-corrected chi connectivity index (χ0v) is 15.4. The Kier molecular flexibility index (Phi) is 8.12. The lowest BCUT2D eigenvalue weighted by Crippen LogP contribution is -2.37. The van der Waals surface area contributed by atoms with Gasteiger partial charge in [0, 0.05) is 37.4 Å². The molecule has 1 aliphatic carbocycles. The summed E-state index contributed by atoms with van der Waals surface area (Å²) in [6, 6.07) is 6.93. The molecule has 2 amide bonds. The van der Waals surface area contributed by atoms with Crippen LogP contribution >= 0.6 is 0 Å². The maximum absolute atomic E-state index is 12.1. The number of carbonyl (C=O) groups is 3. The average molecular weight is 360 g/mol. The van der Waals surface area contributed by atoms with Crippen LogP contribution < -0.4 is 15.4 Å². The molecule has 0 heterocycles. The topological polar surface area (TPSA) is 84.5 Å². The van der Waals surface area contributed by atoms with Gasteiger partial charge in [0.2, 0.25) is 11.8 Å². The Morgan fingerprint density at radius 2 is 1.65 bits per heavy atom. The van der Waals surface area contributed by atoms with Crippen LogP contribution in [0.2, 0.25) is 0 Å². The third-order valence-electron chi connectivity index (χ3n) is 4.54. The summed E-state index contributed by atoms with van der Waals surface area (Å²) in [7, 11) is 0. The number of ketones is 1. The van der Waals surface area contributed by atoms with Crippen molar-refractivity contribution in [3.05, 3.63) is 29.8 Å². The van der Waals surface area contributed by atoms with Crippen LogP contribution in [0, 0.1) is 5.92 Å². The molecule has 2 N–H and O–H groups in total. The van der Waals surface area contributed by atoms with Crippen LogP contribution in [0.15, 0.2) is 24.3 Å². The fraction of sp³-hybridized carbons (Fsp3) is 0.550. The van der Waals surface area contributed by atoms with E-state index in [-0.39, 0.29) is 36.4 Å². The third kappa shape index (κ3) is 6.50. The number of hydrogen-bond donors (Lipinski definition) is 2. The predicted molar refractivity (Wildman–Crippen MR) is 99.2 cm³/mol. The molecule has 1 aliphatic rings. The summed E-state index contributed by atoms with van der Waals surface area (Å²) in [5.41, 5.74) is 0.574. The quantitative estimate of drug-likeness (QED) is 0.496. The molecule has 1 aromatic rings. The van der Waals surface area contributed by atoms with Crippen molar-refractivity contribution in [1.82, 2.24) is 10.6 Å². The van der Waals surface area contributed by atoms with Gasteiger partial charge in [-0.05, 0) is 44.0 Å². The number of rotatable bonds is 10. The van der Waals surface area contributed by atoms with Gasteiger partial charge in [0.25, 0.3) is 0 Å². The lowest BCUT2D eigenvalue weighted by Gasteiger charge is -2.10. The molecule has 26 heavy (non-hydrogen) atoms. The monoisotopic (exact) mass is 360 g/mol. The molecule has 1 aromatic carbocycles. The van der Waals surface area contributed by atoms with E-state index in [9.17, 15) is 14.4 Å². The molecule has 0 aromatic heterocycles. The Morgan fingerprint density at radius 1 is 1.00 bits per heavy atom. The van der Waals surface area contributed by atoms with Crippen LogP contribution in [0.25, 0.3) is 0 Å². The van der Waals surface area contributed by atoms with Gasteiger partial charge in [0.15, 0.2) is 5.78 Å². The van der Waals surface area contributed by atoms with Gasteiger partial charge in [-0.25, -0.2) is 0 Å². The lowest BCUT2D eigenvalue weighted by atomic mass is 10.1. The summed E-state index contributed by atoms with van der Waals surface area (Å²) < 4.78 is 5.34. The lowest BCUT2D eigenvalue weighted by molar-refractivity contribution is -0.125. The summed E-state index contributed by atoms with van der Waals surface area (Å²) in [4.78, 5) is 35.8. The molecule has 1 saturated carbocycles. The SMILES string of the molecule is CCOc1ccc(C(=O)CCC(=O)NCCNC(=O)C2CCCC2)cc1. The fourth-order valence-corrected chi connectivity index (χ4v) is 3.08. The molecule has 6 nitrogen and oxygen atoms in total. The van der Waals surface area contributed by atoms with Crippen molar-refractivity contribution >= 4 is 17.6 Å². The van der Waals surface area contributed by atoms with E-state index in [1.54, 1.807) is 24.3 Å². The van der Waals surface area contributed by atoms with Crippen LogP contribution in [-0.4, -0.2) is 37.3 Å². The van der Waals surface area contributed by atoms with Crippen molar-refractivity contribution < 1.29 is 19.1 Å². The standard InChI is InChI=1S/C20H28N2O4/c1-2-26-17-9-7-15(8-10-17)18(23)11-12-19(24)21-13-14-22-20(25)16-5-3-4-6-16/h7-10,16H,2-6,11-14H2,1H3,(H,21,24)(H,22,25). The molecule has 0 atom stereocenters. The Bertz CT molecular complexity index is 607. The number of carbonyl (C=O) groups excluding carboxylic acids is 3. The van der Waals surface area contributed by atoms with Gasteiger partial charge in [0.05, 0.1) is 6.61 Å². The fourth-order valence-electron chi connectivity index (χ4n) is 3.08. The summed E-state index contributed by atoms with van der Waals surface area (Å²) in [5.74, 6) is 0.693. The second kappa shape index (κ2) is 10.6. The van der Waals surface area contributed by atoms with Gasteiger partial charge in [-0.3, -0.25) is 14.4 Å². The van der Waals surface area contributed by atoms with Gasteiger partial charge >= 0.3 is 0 Å². The second-order valence-corrected chi connectivity index (χ2v) is 6.50. The number of Topliss-reactive ketones (excluding diaryl/α,β-unsaturated/α-hetero) is 1. The molecule has 0 spiro atoms. The zero-order chi connectivity index (χ0) is 18.8. The normalized spacial score (nSPS) is 14.0. The molecular weight excluding hydrogens is 332 g/mol. The van der Waals surface area contributed by atoms with Gasteiger partial charge in [-0.2, -0.15) is 0 Å². The minimum atomic E-state index is -0.181. The van der Waals surface area contributed by atoms with Crippen LogP contribution in [0.4, 0.5) is 0 Å². The molecule has 0 unspecified atom stereocenters. The van der Waals surface area contributed by atoms with Crippen molar-refractivity contribution in [3.63, 3.8) is 0 Å². The summed E-state index contributed by atoms with van der Waals surface area (Å²) in [6.07, 6.45) is 4.48. The first-order valence-electron chi connectivity index (χ1n) is 9.40. The van der Waals surface area contributed by atoms with Crippen LogP contribution in [-0.2, 0) is 9.59 Å². The van der Waals surface area contributed by atoms with Gasteiger partial charge in [-0.15, -0.1) is 0 Å². The number of nitrogens with one attached hydrogen (secondary N) is 2. The number of benzene rings is 1. The maximum Gasteiger partial charge on any atom is 0.223 e. The number of ether oxygens (including phenoxy) is 1. The molecule has 0 bridgehead atoms. The van der Waals surface area contributed by atoms with Crippen molar-refractivity contribution in [1.29, 1.82) is 0 Å². The minimum Gasteiger partial charge on any atom is -0.494 e. The smallest absolute Gasteiger partial charge is 0.223 e. The molecule has 0 aliphatic heterocycles. The van der Waals surface area contributed by atoms with Crippen LogP contribution in [0.3, 0.4) is 0 Å². The van der Waals surface area contributed by atoms with Gasteiger partial charge in [-0.1, -0.05) is 12.8 Å². The first-order chi connectivity index (χ1) is 12.6. The number of amides is 2. The molecule has 1 fully saturated rings. The van der Waals surface area contributed by atoms with E-state index >= 15 is 0 Å². The Hall–Kier alpha value is -2.37. The van der Waals surface area contributed by atoms with Crippen LogP contribution in [0.5, 0.6) is 5.75 Å². The third-order valence-corrected chi connectivity index (χ3v) is 4.54. The largest absolute Gasteiger partial charge is 0.494 e. The van der Waals surface area contributed by atoms with Crippen molar-refractivity contribution in [2.75, 3.05) is 19.7 Å². The Balaban J connectivity index is 1.60. The van der Waals surface area contributed by atoms with Crippen molar-refractivity contribution in [2.24, 2.45) is 5.92 Å². The van der Waals surface area contributed by atoms with E-state index < -0.39 is 0 Å². The second-order valence-electron chi connectivity index (χ2n) is 6.50. The van der Waals surface area contributed by atoms with E-state index in [0.717, 1.165) is 31.4 Å². The predicted octanol–water partition coefficient (Wildman–Crippen LogP) is 2.47. The van der Waals surface area contributed by atoms with Crippen molar-refractivity contribution in [3.8, 4) is 5.75 Å². The highest BCUT2D eigenvalue weighted by molar-refractivity contribution is 5.98. The first-order valence-corrected chi connectivity index (χ1v) is 9.40. The van der Waals surface area contributed by atoms with E-state index in [1.807, 2.05) is 6.92 Å². The molecule has 142 valence electrons. The first kappa shape index (κ1) is 19.9. The summed E-state index contributed by atoms with van der Waals surface area (Å²) in [6.45, 7) is 3.29. The Labute approximate surface area is 154 Å². The maximum atomic E-state index is 12.1. The molecule has 6 heteroatoms. The van der Waals surface area contributed by atoms with E-state index in [4.69, 9.17) is 4.74 Å². The molecule has 2 rings (SSSR count). The zero-order valence-electron chi connectivity index (χ0n) is 15.4. The van der Waals surface area contributed by atoms with Crippen LogP contribution in [0.1, 0.15) is 55.8 Å². The highest BCUT2D eigenvalue weighted by atomic mass is 16.5. The summed E-state index contributed by atoms with van der Waals surface area (Å²) in [5, 5.41) is 5.59. The summed E-state index contributed by atoms with van der Waals surface area (Å²) >= 11 is 0.